The van der Waals surface area contributed by atoms with Crippen molar-refractivity contribution in [3.63, 3.8) is 0 Å². The van der Waals surface area contributed by atoms with Crippen LogP contribution in [0.25, 0.3) is 0 Å². The van der Waals surface area contributed by atoms with Crippen molar-refractivity contribution in [2.45, 2.75) is 19.1 Å². The van der Waals surface area contributed by atoms with Gasteiger partial charge in [0.1, 0.15) is 12.9 Å². The average molecular weight is 118 g/mol. The molecule has 1 saturated heterocycles. The topological polar surface area (TPSA) is 38.7 Å². The molecule has 0 aromatic rings. The Morgan fingerprint density at radius 3 is 2.62 bits per heavy atom. The molecule has 0 saturated carbocycles. The molecule has 0 aromatic carbocycles. The monoisotopic (exact) mass is 118 g/mol. The Kier molecular flexibility index (Phi) is 1.83. The quantitative estimate of drug-likeness (QED) is 0.515. The summed E-state index contributed by atoms with van der Waals surface area (Å²) in [5.41, 5.74) is 0. The summed E-state index contributed by atoms with van der Waals surface area (Å²) in [6.07, 6.45) is -0.0463. The van der Waals surface area contributed by atoms with Crippen LogP contribution in [-0.4, -0.2) is 30.7 Å². The highest BCUT2D eigenvalue weighted by Crippen LogP contribution is 2.10. The smallest absolute Gasteiger partial charge is 0.147 e. The van der Waals surface area contributed by atoms with Gasteiger partial charge in [0.2, 0.25) is 0 Å². The predicted molar refractivity (Wildman–Crippen MR) is 27.4 cm³/mol. The lowest BCUT2D eigenvalue weighted by molar-refractivity contribution is 0.0271. The summed E-state index contributed by atoms with van der Waals surface area (Å²) in [6.45, 7) is 2.27. The Labute approximate surface area is 48.2 Å². The van der Waals surface area contributed by atoms with E-state index in [1.807, 2.05) is 6.92 Å². The zero-order chi connectivity index (χ0) is 5.98. The van der Waals surface area contributed by atoms with E-state index in [0.29, 0.717) is 6.79 Å². The average Bonchev–Trinajstić information content (AvgIpc) is 2.14. The van der Waals surface area contributed by atoms with Crippen LogP contribution in [0.4, 0.5) is 0 Å². The molecule has 8 heavy (non-hydrogen) atoms. The van der Waals surface area contributed by atoms with Gasteiger partial charge in [0.25, 0.3) is 0 Å². The molecule has 1 rings (SSSR count). The first-order valence-corrected chi connectivity index (χ1v) is 2.68. The van der Waals surface area contributed by atoms with Crippen molar-refractivity contribution >= 4 is 0 Å². The molecule has 0 aliphatic carbocycles. The molecule has 1 fully saturated rings. The highest BCUT2D eigenvalue weighted by atomic mass is 16.7. The van der Waals surface area contributed by atoms with E-state index < -0.39 is 0 Å². The Bertz CT molecular complexity index is 74.1. The van der Waals surface area contributed by atoms with Gasteiger partial charge in [0.15, 0.2) is 0 Å². The van der Waals surface area contributed by atoms with Crippen molar-refractivity contribution in [1.82, 2.24) is 0 Å². The largest absolute Gasteiger partial charge is 0.394 e. The summed E-state index contributed by atoms with van der Waals surface area (Å²) in [5.74, 6) is 0. The Balaban J connectivity index is 2.30. The van der Waals surface area contributed by atoms with Crippen LogP contribution in [0.15, 0.2) is 0 Å². The van der Waals surface area contributed by atoms with Crippen LogP contribution in [0.1, 0.15) is 6.92 Å². The van der Waals surface area contributed by atoms with E-state index in [2.05, 4.69) is 0 Å². The summed E-state index contributed by atoms with van der Waals surface area (Å²) in [7, 11) is 0. The van der Waals surface area contributed by atoms with Crippen LogP contribution in [0.2, 0.25) is 0 Å². The maximum absolute atomic E-state index is 8.53. The van der Waals surface area contributed by atoms with Gasteiger partial charge in [-0.15, -0.1) is 0 Å². The first-order chi connectivity index (χ1) is 3.84. The minimum atomic E-state index is -0.102. The molecule has 1 heterocycles. The molecule has 3 nitrogen and oxygen atoms in total. The van der Waals surface area contributed by atoms with E-state index in [9.17, 15) is 0 Å². The fourth-order valence-electron chi connectivity index (χ4n) is 0.678. The van der Waals surface area contributed by atoms with Gasteiger partial charge in [0.05, 0.1) is 12.7 Å². The molecule has 0 spiro atoms. The van der Waals surface area contributed by atoms with Gasteiger partial charge >= 0.3 is 0 Å². The minimum Gasteiger partial charge on any atom is -0.394 e. The number of rotatable bonds is 1. The summed E-state index contributed by atoms with van der Waals surface area (Å²) < 4.78 is 9.92. The van der Waals surface area contributed by atoms with Gasteiger partial charge in [-0.3, -0.25) is 0 Å². The highest BCUT2D eigenvalue weighted by Gasteiger charge is 2.23. The SMILES string of the molecule is CC1OCOC1CO. The van der Waals surface area contributed by atoms with Crippen molar-refractivity contribution in [2.24, 2.45) is 0 Å². The highest BCUT2D eigenvalue weighted by molar-refractivity contribution is 4.67. The molecular formula is C5H10O3. The fraction of sp³-hybridized carbons (Fsp3) is 1.00. The molecule has 1 N–H and O–H groups in total. The molecule has 2 unspecified atom stereocenters. The van der Waals surface area contributed by atoms with Crippen molar-refractivity contribution in [3.05, 3.63) is 0 Å². The lowest BCUT2D eigenvalue weighted by atomic mass is 10.2. The molecule has 1 aliphatic rings. The predicted octanol–water partition coefficient (Wildman–Crippen LogP) is -0.260. The van der Waals surface area contributed by atoms with E-state index in [1.54, 1.807) is 0 Å². The first-order valence-electron chi connectivity index (χ1n) is 2.68. The Hall–Kier alpha value is -0.120. The van der Waals surface area contributed by atoms with Crippen LogP contribution in [0.3, 0.4) is 0 Å². The molecule has 3 heteroatoms. The van der Waals surface area contributed by atoms with E-state index in [1.165, 1.54) is 0 Å². The van der Waals surface area contributed by atoms with Crippen LogP contribution >= 0.6 is 0 Å². The first kappa shape index (κ1) is 6.01. The third kappa shape index (κ3) is 0.992. The lowest BCUT2D eigenvalue weighted by Crippen LogP contribution is -2.22. The molecule has 48 valence electrons. The normalized spacial score (nSPS) is 38.2. The molecule has 2 atom stereocenters. The Morgan fingerprint density at radius 1 is 1.62 bits per heavy atom. The molecule has 0 bridgehead atoms. The Morgan fingerprint density at radius 2 is 2.38 bits per heavy atom. The van der Waals surface area contributed by atoms with Crippen molar-refractivity contribution in [3.8, 4) is 0 Å². The number of hydrogen-bond donors (Lipinski definition) is 1. The summed E-state index contributed by atoms with van der Waals surface area (Å²) in [5, 5.41) is 8.53. The second kappa shape index (κ2) is 2.44. The van der Waals surface area contributed by atoms with Crippen LogP contribution in [0.5, 0.6) is 0 Å². The van der Waals surface area contributed by atoms with Gasteiger partial charge in [-0.25, -0.2) is 0 Å². The van der Waals surface area contributed by atoms with Gasteiger partial charge in [-0.05, 0) is 6.92 Å². The van der Waals surface area contributed by atoms with Gasteiger partial charge in [-0.2, -0.15) is 0 Å². The molecule has 0 aromatic heterocycles. The van der Waals surface area contributed by atoms with Crippen LogP contribution in [0, 0.1) is 0 Å². The fourth-order valence-corrected chi connectivity index (χ4v) is 0.678. The number of ether oxygens (including phenoxy) is 2. The standard InChI is InChI=1S/C5H10O3/c1-4-5(2-6)8-3-7-4/h4-6H,2-3H2,1H3. The second-order valence-electron chi connectivity index (χ2n) is 1.88. The molecule has 1 aliphatic heterocycles. The van der Waals surface area contributed by atoms with Gasteiger partial charge in [0, 0.05) is 0 Å². The third-order valence-electron chi connectivity index (χ3n) is 1.32. The zero-order valence-corrected chi connectivity index (χ0v) is 4.83. The number of hydrogen-bond acceptors (Lipinski definition) is 3. The molecule has 0 radical (unpaired) electrons. The van der Waals surface area contributed by atoms with E-state index in [-0.39, 0.29) is 18.8 Å². The van der Waals surface area contributed by atoms with Crippen LogP contribution < -0.4 is 0 Å². The van der Waals surface area contributed by atoms with Gasteiger partial charge in [-0.1, -0.05) is 0 Å². The lowest BCUT2D eigenvalue weighted by Gasteiger charge is -2.06. The second-order valence-corrected chi connectivity index (χ2v) is 1.88. The maximum Gasteiger partial charge on any atom is 0.147 e. The summed E-state index contributed by atoms with van der Waals surface area (Å²) >= 11 is 0. The third-order valence-corrected chi connectivity index (χ3v) is 1.32. The van der Waals surface area contributed by atoms with Crippen molar-refractivity contribution in [2.75, 3.05) is 13.4 Å². The summed E-state index contributed by atoms with van der Waals surface area (Å²) in [4.78, 5) is 0. The van der Waals surface area contributed by atoms with E-state index >= 15 is 0 Å². The van der Waals surface area contributed by atoms with Gasteiger partial charge < -0.3 is 14.6 Å². The molecule has 0 amide bonds. The summed E-state index contributed by atoms with van der Waals surface area (Å²) in [6, 6.07) is 0. The van der Waals surface area contributed by atoms with E-state index in [0.717, 1.165) is 0 Å². The van der Waals surface area contributed by atoms with Crippen LogP contribution in [-0.2, 0) is 9.47 Å². The molecular weight excluding hydrogens is 108 g/mol. The van der Waals surface area contributed by atoms with E-state index in [4.69, 9.17) is 14.6 Å². The zero-order valence-electron chi connectivity index (χ0n) is 4.83. The maximum atomic E-state index is 8.53. The van der Waals surface area contributed by atoms with Crippen molar-refractivity contribution < 1.29 is 14.6 Å². The number of aliphatic hydroxyl groups excluding tert-OH is 1. The van der Waals surface area contributed by atoms with Crippen molar-refractivity contribution in [1.29, 1.82) is 0 Å². The number of aliphatic hydroxyl groups is 1. The minimum absolute atomic E-state index is 0.0556.